The Morgan fingerprint density at radius 1 is 1.16 bits per heavy atom. The van der Waals surface area contributed by atoms with E-state index in [0.717, 1.165) is 6.54 Å². The standard InChI is InChI=1S/C16H30N2O/c1-9(2)13(10(3)4)8-18-16(19)14-11-5-6-12(7-11)15(14)17/h9-15H,5-8,17H2,1-4H3,(H,18,19). The normalized spacial score (nSPS) is 33.7. The van der Waals surface area contributed by atoms with Crippen molar-refractivity contribution in [2.45, 2.75) is 53.0 Å². The molecule has 3 N–H and O–H groups in total. The highest BCUT2D eigenvalue weighted by atomic mass is 16.1. The molecule has 0 saturated heterocycles. The Balaban J connectivity index is 1.88. The van der Waals surface area contributed by atoms with Crippen LogP contribution in [-0.2, 0) is 4.79 Å². The van der Waals surface area contributed by atoms with E-state index in [0.29, 0.717) is 29.6 Å². The number of fused-ring (bicyclic) bond motifs is 2. The van der Waals surface area contributed by atoms with Gasteiger partial charge in [0.05, 0.1) is 5.92 Å². The molecule has 0 aromatic heterocycles. The highest BCUT2D eigenvalue weighted by molar-refractivity contribution is 5.80. The summed E-state index contributed by atoms with van der Waals surface area (Å²) >= 11 is 0. The van der Waals surface area contributed by atoms with Gasteiger partial charge in [-0.1, -0.05) is 27.7 Å². The minimum atomic E-state index is 0.0822. The van der Waals surface area contributed by atoms with E-state index < -0.39 is 0 Å². The van der Waals surface area contributed by atoms with Crippen molar-refractivity contribution in [3.05, 3.63) is 0 Å². The first-order chi connectivity index (χ1) is 8.91. The van der Waals surface area contributed by atoms with Crippen LogP contribution in [0.25, 0.3) is 0 Å². The molecule has 0 aliphatic heterocycles. The van der Waals surface area contributed by atoms with Gasteiger partial charge in [-0.2, -0.15) is 0 Å². The number of rotatable bonds is 5. The maximum atomic E-state index is 12.4. The van der Waals surface area contributed by atoms with Crippen LogP contribution in [0.1, 0.15) is 47.0 Å². The van der Waals surface area contributed by atoms with E-state index in [1.54, 1.807) is 0 Å². The summed E-state index contributed by atoms with van der Waals surface area (Å²) in [5, 5.41) is 3.18. The molecule has 3 heteroatoms. The van der Waals surface area contributed by atoms with Crippen molar-refractivity contribution in [3.63, 3.8) is 0 Å². The van der Waals surface area contributed by atoms with E-state index in [4.69, 9.17) is 5.73 Å². The first-order valence-electron chi connectivity index (χ1n) is 7.95. The fourth-order valence-corrected chi connectivity index (χ4v) is 4.30. The second-order valence-electron chi connectivity index (χ2n) is 7.33. The van der Waals surface area contributed by atoms with Crippen molar-refractivity contribution < 1.29 is 4.79 Å². The molecule has 1 amide bonds. The van der Waals surface area contributed by atoms with Crippen molar-refractivity contribution in [2.24, 2.45) is 41.2 Å². The molecule has 0 aromatic rings. The first kappa shape index (κ1) is 14.8. The van der Waals surface area contributed by atoms with Crippen molar-refractivity contribution >= 4 is 5.91 Å². The largest absolute Gasteiger partial charge is 0.356 e. The summed E-state index contributed by atoms with van der Waals surface area (Å²) in [4.78, 5) is 12.4. The van der Waals surface area contributed by atoms with Gasteiger partial charge in [-0.25, -0.2) is 0 Å². The molecule has 2 aliphatic carbocycles. The van der Waals surface area contributed by atoms with Crippen LogP contribution >= 0.6 is 0 Å². The van der Waals surface area contributed by atoms with Crippen LogP contribution in [0.5, 0.6) is 0 Å². The van der Waals surface area contributed by atoms with Gasteiger partial charge in [0.2, 0.25) is 5.91 Å². The van der Waals surface area contributed by atoms with E-state index in [1.807, 2.05) is 0 Å². The summed E-state index contributed by atoms with van der Waals surface area (Å²) in [6.07, 6.45) is 3.61. The Bertz CT molecular complexity index is 317. The van der Waals surface area contributed by atoms with Gasteiger partial charge in [0.1, 0.15) is 0 Å². The van der Waals surface area contributed by atoms with Crippen LogP contribution in [0.2, 0.25) is 0 Å². The van der Waals surface area contributed by atoms with E-state index >= 15 is 0 Å². The molecule has 2 bridgehead atoms. The Hall–Kier alpha value is -0.570. The van der Waals surface area contributed by atoms with Crippen LogP contribution in [-0.4, -0.2) is 18.5 Å². The topological polar surface area (TPSA) is 55.1 Å². The number of hydrogen-bond donors (Lipinski definition) is 2. The van der Waals surface area contributed by atoms with Crippen LogP contribution in [0.3, 0.4) is 0 Å². The second kappa shape index (κ2) is 5.82. The van der Waals surface area contributed by atoms with Gasteiger partial charge in [0.15, 0.2) is 0 Å². The summed E-state index contributed by atoms with van der Waals surface area (Å²) in [6, 6.07) is 0.107. The molecule has 2 rings (SSSR count). The average molecular weight is 266 g/mol. The predicted molar refractivity (Wildman–Crippen MR) is 78.5 cm³/mol. The molecule has 2 saturated carbocycles. The maximum absolute atomic E-state index is 12.4. The molecule has 0 spiro atoms. The van der Waals surface area contributed by atoms with Crippen molar-refractivity contribution in [1.29, 1.82) is 0 Å². The Labute approximate surface area is 117 Å². The number of hydrogen-bond acceptors (Lipinski definition) is 2. The molecular weight excluding hydrogens is 236 g/mol. The molecule has 2 fully saturated rings. The summed E-state index contributed by atoms with van der Waals surface area (Å²) in [7, 11) is 0. The van der Waals surface area contributed by atoms with Crippen LogP contribution in [0.4, 0.5) is 0 Å². The zero-order valence-electron chi connectivity index (χ0n) is 12.9. The number of amides is 1. The SMILES string of the molecule is CC(C)C(CNC(=O)C1C2CCC(C2)C1N)C(C)C. The predicted octanol–water partition coefficient (Wildman–Crippen LogP) is 2.40. The van der Waals surface area contributed by atoms with Gasteiger partial charge in [0.25, 0.3) is 0 Å². The van der Waals surface area contributed by atoms with E-state index in [2.05, 4.69) is 33.0 Å². The summed E-state index contributed by atoms with van der Waals surface area (Å²) in [5.74, 6) is 3.22. The Morgan fingerprint density at radius 3 is 2.21 bits per heavy atom. The third-order valence-corrected chi connectivity index (χ3v) is 5.51. The average Bonchev–Trinajstić information content (AvgIpc) is 2.88. The molecular formula is C16H30N2O. The lowest BCUT2D eigenvalue weighted by Gasteiger charge is -2.29. The van der Waals surface area contributed by atoms with Crippen molar-refractivity contribution in [3.8, 4) is 0 Å². The minimum Gasteiger partial charge on any atom is -0.356 e. The summed E-state index contributed by atoms with van der Waals surface area (Å²) in [5.41, 5.74) is 6.23. The van der Waals surface area contributed by atoms with Gasteiger partial charge in [-0.15, -0.1) is 0 Å². The van der Waals surface area contributed by atoms with Gasteiger partial charge < -0.3 is 11.1 Å². The molecule has 0 radical (unpaired) electrons. The van der Waals surface area contributed by atoms with E-state index in [9.17, 15) is 4.79 Å². The highest BCUT2D eigenvalue weighted by Gasteiger charge is 2.49. The molecule has 19 heavy (non-hydrogen) atoms. The quantitative estimate of drug-likeness (QED) is 0.803. The third kappa shape index (κ3) is 2.96. The highest BCUT2D eigenvalue weighted by Crippen LogP contribution is 2.47. The minimum absolute atomic E-state index is 0.0822. The summed E-state index contributed by atoms with van der Waals surface area (Å²) in [6.45, 7) is 9.75. The third-order valence-electron chi connectivity index (χ3n) is 5.51. The van der Waals surface area contributed by atoms with Gasteiger partial charge in [-0.3, -0.25) is 4.79 Å². The first-order valence-corrected chi connectivity index (χ1v) is 7.95. The monoisotopic (exact) mass is 266 g/mol. The fourth-order valence-electron chi connectivity index (χ4n) is 4.30. The van der Waals surface area contributed by atoms with Crippen LogP contribution < -0.4 is 11.1 Å². The fraction of sp³-hybridized carbons (Fsp3) is 0.938. The zero-order chi connectivity index (χ0) is 14.2. The molecule has 4 unspecified atom stereocenters. The Morgan fingerprint density at radius 2 is 1.74 bits per heavy atom. The lowest BCUT2D eigenvalue weighted by atomic mass is 9.83. The van der Waals surface area contributed by atoms with Crippen molar-refractivity contribution in [2.75, 3.05) is 6.54 Å². The number of nitrogens with one attached hydrogen (secondary N) is 1. The van der Waals surface area contributed by atoms with Crippen LogP contribution in [0, 0.1) is 35.5 Å². The molecule has 2 aliphatic rings. The lowest BCUT2D eigenvalue weighted by molar-refractivity contribution is -0.127. The van der Waals surface area contributed by atoms with E-state index in [1.165, 1.54) is 19.3 Å². The second-order valence-corrected chi connectivity index (χ2v) is 7.33. The Kier molecular flexibility index (Phi) is 4.54. The number of carbonyl (C=O) groups excluding carboxylic acids is 1. The van der Waals surface area contributed by atoms with Crippen LogP contribution in [0.15, 0.2) is 0 Å². The molecule has 4 atom stereocenters. The van der Waals surface area contributed by atoms with Crippen molar-refractivity contribution in [1.82, 2.24) is 5.32 Å². The molecule has 0 aromatic carbocycles. The maximum Gasteiger partial charge on any atom is 0.224 e. The molecule has 110 valence electrons. The molecule has 3 nitrogen and oxygen atoms in total. The number of carbonyl (C=O) groups is 1. The van der Waals surface area contributed by atoms with E-state index in [-0.39, 0.29) is 17.9 Å². The zero-order valence-corrected chi connectivity index (χ0v) is 12.9. The molecule has 0 heterocycles. The van der Waals surface area contributed by atoms with Gasteiger partial charge >= 0.3 is 0 Å². The smallest absolute Gasteiger partial charge is 0.224 e. The lowest BCUT2D eigenvalue weighted by Crippen LogP contribution is -2.47. The van der Waals surface area contributed by atoms with Gasteiger partial charge in [0, 0.05) is 12.6 Å². The van der Waals surface area contributed by atoms with Gasteiger partial charge in [-0.05, 0) is 48.9 Å². The number of nitrogens with two attached hydrogens (primary N) is 1. The summed E-state index contributed by atoms with van der Waals surface area (Å²) < 4.78 is 0.